The number of aromatic nitrogens is 1. The van der Waals surface area contributed by atoms with Crippen LogP contribution in [0, 0.1) is 11.8 Å². The fourth-order valence-electron chi connectivity index (χ4n) is 5.63. The van der Waals surface area contributed by atoms with Gasteiger partial charge in [0, 0.05) is 23.7 Å². The molecule has 7 nitrogen and oxygen atoms in total. The predicted octanol–water partition coefficient (Wildman–Crippen LogP) is 4.60. The Balaban J connectivity index is 1.54. The summed E-state index contributed by atoms with van der Waals surface area (Å²) in [6, 6.07) is 11.4. The number of benzene rings is 1. The van der Waals surface area contributed by atoms with E-state index in [9.17, 15) is 9.59 Å². The molecule has 4 atom stereocenters. The lowest BCUT2D eigenvalue weighted by Crippen LogP contribution is -2.65. The first-order valence-corrected chi connectivity index (χ1v) is 12.1. The average Bonchev–Trinajstić information content (AvgIpc) is 3.42. The van der Waals surface area contributed by atoms with Crippen LogP contribution in [0.15, 0.2) is 47.1 Å². The summed E-state index contributed by atoms with van der Waals surface area (Å²) in [5.74, 6) is 1.35. The third-order valence-corrected chi connectivity index (χ3v) is 8.08. The fourth-order valence-corrected chi connectivity index (χ4v) is 5.63. The Labute approximate surface area is 200 Å². The molecule has 0 unspecified atom stereocenters. The molecule has 180 valence electrons. The number of amides is 2. The van der Waals surface area contributed by atoms with Crippen LogP contribution in [-0.2, 0) is 17.9 Å². The number of hydrogen-bond donors (Lipinski definition) is 1. The number of nitrogens with one attached hydrogen (secondary N) is 1. The van der Waals surface area contributed by atoms with E-state index in [4.69, 9.17) is 9.15 Å². The third kappa shape index (κ3) is 3.58. The van der Waals surface area contributed by atoms with E-state index in [1.807, 2.05) is 41.8 Å². The maximum atomic E-state index is 14.0. The van der Waals surface area contributed by atoms with Crippen LogP contribution in [0.3, 0.4) is 0 Å². The van der Waals surface area contributed by atoms with Gasteiger partial charge in [-0.2, -0.15) is 0 Å². The zero-order valence-electron chi connectivity index (χ0n) is 20.3. The number of fused-ring (bicyclic) bond motifs is 3. The quantitative estimate of drug-likeness (QED) is 0.600. The summed E-state index contributed by atoms with van der Waals surface area (Å²) in [6.07, 6.45) is 4.88. The number of carbonyl (C=O) groups excluding carboxylic acids is 2. The van der Waals surface area contributed by atoms with Gasteiger partial charge in [0.05, 0.1) is 32.0 Å². The van der Waals surface area contributed by atoms with Crippen molar-refractivity contribution in [2.45, 2.75) is 64.7 Å². The van der Waals surface area contributed by atoms with E-state index in [1.54, 1.807) is 24.3 Å². The van der Waals surface area contributed by atoms with Crippen LogP contribution in [-0.4, -0.2) is 40.0 Å². The highest BCUT2D eigenvalue weighted by Gasteiger charge is 2.49. The summed E-state index contributed by atoms with van der Waals surface area (Å²) in [5, 5.41) is 3.34. The van der Waals surface area contributed by atoms with Crippen molar-refractivity contribution in [3.63, 3.8) is 0 Å². The molecule has 2 amide bonds. The Kier molecular flexibility index (Phi) is 5.66. The van der Waals surface area contributed by atoms with Gasteiger partial charge in [-0.3, -0.25) is 9.59 Å². The molecule has 3 heterocycles. The number of nitrogens with zero attached hydrogens (tertiary/aromatic N) is 2. The van der Waals surface area contributed by atoms with Crippen molar-refractivity contribution in [1.82, 2.24) is 14.8 Å². The van der Waals surface area contributed by atoms with E-state index in [-0.39, 0.29) is 24.4 Å². The predicted molar refractivity (Wildman–Crippen MR) is 130 cm³/mol. The average molecular weight is 464 g/mol. The lowest BCUT2D eigenvalue weighted by atomic mass is 9.77. The molecule has 0 spiro atoms. The van der Waals surface area contributed by atoms with Gasteiger partial charge in [-0.15, -0.1) is 0 Å². The standard InChI is InChI=1S/C27H33N3O4/c1-17-8-7-10-20(18(17)2)28-26(32)27(3)16-29-21-12-13-34-24(21)14-22(29)25(31)30(27)15-19-9-5-6-11-23(19)33-4/h5-6,9,11-14,17-18,20H,7-8,10,15-16H2,1-4H3,(H,28,32)/t17-,18+,20+,27+/m0/s1. The molecule has 34 heavy (non-hydrogen) atoms. The second kappa shape index (κ2) is 8.53. The highest BCUT2D eigenvalue weighted by molar-refractivity contribution is 6.03. The van der Waals surface area contributed by atoms with Crippen LogP contribution in [0.4, 0.5) is 0 Å². The van der Waals surface area contributed by atoms with E-state index in [2.05, 4.69) is 19.2 Å². The van der Waals surface area contributed by atoms with Crippen molar-refractivity contribution >= 4 is 22.9 Å². The van der Waals surface area contributed by atoms with E-state index in [1.165, 1.54) is 6.42 Å². The van der Waals surface area contributed by atoms with Crippen molar-refractivity contribution < 1.29 is 18.7 Å². The van der Waals surface area contributed by atoms with Gasteiger partial charge >= 0.3 is 0 Å². The van der Waals surface area contributed by atoms with Crippen LogP contribution < -0.4 is 10.1 Å². The van der Waals surface area contributed by atoms with Crippen LogP contribution in [0.5, 0.6) is 5.75 Å². The number of ether oxygens (including phenoxy) is 1. The molecule has 0 radical (unpaired) electrons. The normalized spacial score (nSPS) is 27.0. The molecule has 1 aromatic carbocycles. The second-order valence-corrected chi connectivity index (χ2v) is 10.1. The first-order valence-electron chi connectivity index (χ1n) is 12.1. The Hall–Kier alpha value is -3.22. The first-order chi connectivity index (χ1) is 16.3. The van der Waals surface area contributed by atoms with Crippen molar-refractivity contribution in [1.29, 1.82) is 0 Å². The van der Waals surface area contributed by atoms with Crippen molar-refractivity contribution in [3.05, 3.63) is 53.9 Å². The van der Waals surface area contributed by atoms with Gasteiger partial charge in [0.1, 0.15) is 17.0 Å². The molecule has 1 N–H and O–H groups in total. The minimum Gasteiger partial charge on any atom is -0.496 e. The molecule has 1 saturated carbocycles. The molecule has 5 rings (SSSR count). The highest BCUT2D eigenvalue weighted by atomic mass is 16.5. The van der Waals surface area contributed by atoms with Gasteiger partial charge in [0.15, 0.2) is 5.58 Å². The summed E-state index contributed by atoms with van der Waals surface area (Å²) in [5.41, 5.74) is 1.81. The maximum absolute atomic E-state index is 14.0. The second-order valence-electron chi connectivity index (χ2n) is 10.1. The van der Waals surface area contributed by atoms with Crippen LogP contribution >= 0.6 is 0 Å². The summed E-state index contributed by atoms with van der Waals surface area (Å²) in [6.45, 7) is 6.98. The summed E-state index contributed by atoms with van der Waals surface area (Å²) < 4.78 is 13.0. The Morgan fingerprint density at radius 2 is 2.03 bits per heavy atom. The molecule has 0 bridgehead atoms. The zero-order valence-corrected chi connectivity index (χ0v) is 20.3. The van der Waals surface area contributed by atoms with E-state index < -0.39 is 5.54 Å². The molecule has 0 saturated heterocycles. The lowest BCUT2D eigenvalue weighted by molar-refractivity contribution is -0.134. The monoisotopic (exact) mass is 463 g/mol. The van der Waals surface area contributed by atoms with Crippen LogP contribution in [0.1, 0.15) is 56.1 Å². The molecule has 2 aliphatic rings. The van der Waals surface area contributed by atoms with Gasteiger partial charge in [0.2, 0.25) is 5.91 Å². The van der Waals surface area contributed by atoms with E-state index in [0.717, 1.165) is 23.9 Å². The Bertz CT molecular complexity index is 1230. The van der Waals surface area contributed by atoms with Gasteiger partial charge in [-0.1, -0.05) is 44.9 Å². The van der Waals surface area contributed by atoms with Crippen molar-refractivity contribution in [3.8, 4) is 5.75 Å². The summed E-state index contributed by atoms with van der Waals surface area (Å²) in [7, 11) is 1.62. The smallest absolute Gasteiger partial charge is 0.271 e. The molecule has 2 aromatic heterocycles. The van der Waals surface area contributed by atoms with Crippen molar-refractivity contribution in [2.75, 3.05) is 7.11 Å². The summed E-state index contributed by atoms with van der Waals surface area (Å²) >= 11 is 0. The number of furan rings is 1. The SMILES string of the molecule is COc1ccccc1CN1C(=O)c2cc3occc3n2C[C@]1(C)C(=O)N[C@@H]1CCC[C@H](C)[C@H]1C. The van der Waals surface area contributed by atoms with Gasteiger partial charge in [0.25, 0.3) is 5.91 Å². The highest BCUT2D eigenvalue weighted by Crippen LogP contribution is 2.36. The number of hydrogen-bond acceptors (Lipinski definition) is 4. The minimum atomic E-state index is -1.07. The topological polar surface area (TPSA) is 76.7 Å². The van der Waals surface area contributed by atoms with Crippen molar-refractivity contribution in [2.24, 2.45) is 11.8 Å². The lowest BCUT2D eigenvalue weighted by Gasteiger charge is -2.45. The Morgan fingerprint density at radius 3 is 2.82 bits per heavy atom. The molecule has 1 fully saturated rings. The van der Waals surface area contributed by atoms with Gasteiger partial charge in [-0.05, 0) is 31.2 Å². The maximum Gasteiger partial charge on any atom is 0.271 e. The molecule has 1 aliphatic heterocycles. The van der Waals surface area contributed by atoms with E-state index >= 15 is 0 Å². The Morgan fingerprint density at radius 1 is 1.24 bits per heavy atom. The number of rotatable bonds is 5. The molecule has 1 aliphatic carbocycles. The van der Waals surface area contributed by atoms with Gasteiger partial charge < -0.3 is 23.9 Å². The number of para-hydroxylation sites is 1. The minimum absolute atomic E-state index is 0.108. The number of methoxy groups -OCH3 is 1. The zero-order chi connectivity index (χ0) is 24.0. The van der Waals surface area contributed by atoms with Crippen LogP contribution in [0.2, 0.25) is 0 Å². The molecular formula is C27H33N3O4. The molecule has 7 heteroatoms. The largest absolute Gasteiger partial charge is 0.496 e. The van der Waals surface area contributed by atoms with Crippen LogP contribution in [0.25, 0.3) is 11.1 Å². The fraction of sp³-hybridized carbons (Fsp3) is 0.481. The molecule has 3 aromatic rings. The molecular weight excluding hydrogens is 430 g/mol. The third-order valence-electron chi connectivity index (χ3n) is 8.08. The number of carbonyl (C=O) groups is 2. The summed E-state index contributed by atoms with van der Waals surface area (Å²) in [4.78, 5) is 29.5. The van der Waals surface area contributed by atoms with E-state index in [0.29, 0.717) is 35.4 Å². The van der Waals surface area contributed by atoms with Gasteiger partial charge in [-0.25, -0.2) is 0 Å². The first kappa shape index (κ1) is 22.6.